The maximum absolute atomic E-state index is 13.4. The molecule has 0 saturated carbocycles. The van der Waals surface area contributed by atoms with Gasteiger partial charge in [-0.3, -0.25) is 4.98 Å². The van der Waals surface area contributed by atoms with E-state index in [1.165, 1.54) is 17.2 Å². The third kappa shape index (κ3) is 4.97. The highest BCUT2D eigenvalue weighted by Gasteiger charge is 2.25. The highest BCUT2D eigenvalue weighted by Crippen LogP contribution is 2.17. The summed E-state index contributed by atoms with van der Waals surface area (Å²) in [6.07, 6.45) is 6.10. The Morgan fingerprint density at radius 1 is 1.17 bits per heavy atom. The fourth-order valence-corrected chi connectivity index (χ4v) is 1.93. The third-order valence-electron chi connectivity index (χ3n) is 3.06. The van der Waals surface area contributed by atoms with Crippen LogP contribution in [0, 0.1) is 5.82 Å². The van der Waals surface area contributed by atoms with E-state index in [0.29, 0.717) is 5.56 Å². The second-order valence-electron chi connectivity index (χ2n) is 6.32. The summed E-state index contributed by atoms with van der Waals surface area (Å²) in [6, 6.07) is 1.31. The topological polar surface area (TPSA) is 68.2 Å². The first-order valence-electron chi connectivity index (χ1n) is 7.69. The molecule has 128 valence electrons. The minimum atomic E-state index is -0.668. The fraction of sp³-hybridized carbons (Fsp3) is 0.412. The molecule has 0 bridgehead atoms. The first-order valence-corrected chi connectivity index (χ1v) is 7.69. The molecule has 2 heterocycles. The van der Waals surface area contributed by atoms with Crippen LogP contribution in [0.5, 0.6) is 0 Å². The highest BCUT2D eigenvalue weighted by molar-refractivity contribution is 5.85. The molecule has 2 rings (SSSR count). The van der Waals surface area contributed by atoms with Gasteiger partial charge in [0.05, 0.1) is 12.7 Å². The van der Waals surface area contributed by atoms with Crippen molar-refractivity contribution in [1.82, 2.24) is 15.0 Å². The average Bonchev–Trinajstić information content (AvgIpc) is 2.51. The summed E-state index contributed by atoms with van der Waals surface area (Å²) in [6.45, 7) is 7.36. The molecule has 1 amide bonds. The van der Waals surface area contributed by atoms with E-state index in [1.54, 1.807) is 33.2 Å². The lowest BCUT2D eigenvalue weighted by molar-refractivity contribution is 0.0575. The molecular formula is C17H21FN4O2. The second-order valence-corrected chi connectivity index (χ2v) is 6.32. The largest absolute Gasteiger partial charge is 0.443 e. The number of nitrogens with zero attached hydrogens (tertiary/aromatic N) is 4. The summed E-state index contributed by atoms with van der Waals surface area (Å²) in [4.78, 5) is 26.0. The molecule has 0 aliphatic rings. The van der Waals surface area contributed by atoms with Gasteiger partial charge in [0.15, 0.2) is 0 Å². The van der Waals surface area contributed by atoms with Crippen molar-refractivity contribution in [2.45, 2.75) is 46.3 Å². The summed E-state index contributed by atoms with van der Waals surface area (Å²) < 4.78 is 18.8. The molecular weight excluding hydrogens is 311 g/mol. The number of aromatic nitrogens is 3. The Balaban J connectivity index is 2.31. The van der Waals surface area contributed by atoms with Crippen LogP contribution >= 0.6 is 0 Å². The van der Waals surface area contributed by atoms with E-state index in [4.69, 9.17) is 4.74 Å². The summed E-state index contributed by atoms with van der Waals surface area (Å²) in [5, 5.41) is 0. The molecule has 0 aliphatic heterocycles. The number of pyridine rings is 1. The molecule has 6 nitrogen and oxygen atoms in total. The molecule has 2 aromatic rings. The van der Waals surface area contributed by atoms with Gasteiger partial charge in [-0.1, -0.05) is 6.92 Å². The van der Waals surface area contributed by atoms with Crippen molar-refractivity contribution in [2.75, 3.05) is 4.90 Å². The number of halogens is 1. The fourth-order valence-electron chi connectivity index (χ4n) is 1.93. The van der Waals surface area contributed by atoms with Crippen molar-refractivity contribution in [3.63, 3.8) is 0 Å². The Hall–Kier alpha value is -2.57. The number of ether oxygens (including phenoxy) is 1. The Kier molecular flexibility index (Phi) is 5.43. The lowest BCUT2D eigenvalue weighted by Gasteiger charge is -2.26. The zero-order valence-electron chi connectivity index (χ0n) is 14.3. The van der Waals surface area contributed by atoms with Gasteiger partial charge in [-0.05, 0) is 44.4 Å². The number of carbonyl (C=O) groups excluding carboxylic acids is 1. The number of carbonyl (C=O) groups is 1. The van der Waals surface area contributed by atoms with Crippen molar-refractivity contribution >= 4 is 12.0 Å². The van der Waals surface area contributed by atoms with E-state index in [9.17, 15) is 9.18 Å². The molecule has 0 spiro atoms. The molecule has 7 heteroatoms. The molecule has 0 radical (unpaired) electrons. The Labute approximate surface area is 140 Å². The van der Waals surface area contributed by atoms with E-state index < -0.39 is 17.5 Å². The van der Waals surface area contributed by atoms with Gasteiger partial charge in [0, 0.05) is 18.6 Å². The first kappa shape index (κ1) is 17.8. The zero-order chi connectivity index (χ0) is 17.7. The molecule has 24 heavy (non-hydrogen) atoms. The van der Waals surface area contributed by atoms with Gasteiger partial charge in [-0.15, -0.1) is 0 Å². The smallest absolute Gasteiger partial charge is 0.417 e. The van der Waals surface area contributed by atoms with Gasteiger partial charge in [0.2, 0.25) is 5.95 Å². The number of anilines is 1. The van der Waals surface area contributed by atoms with Crippen LogP contribution in [0.1, 0.15) is 38.8 Å². The highest BCUT2D eigenvalue weighted by atomic mass is 19.1. The monoisotopic (exact) mass is 332 g/mol. The molecule has 0 saturated heterocycles. The minimum absolute atomic E-state index is 0.0607. The Morgan fingerprint density at radius 3 is 2.38 bits per heavy atom. The van der Waals surface area contributed by atoms with Gasteiger partial charge in [-0.25, -0.2) is 24.1 Å². The van der Waals surface area contributed by atoms with Gasteiger partial charge in [0.1, 0.15) is 11.4 Å². The summed E-state index contributed by atoms with van der Waals surface area (Å²) in [5.41, 5.74) is 0.804. The predicted molar refractivity (Wildman–Crippen MR) is 88.0 cm³/mol. The molecule has 0 N–H and O–H groups in total. The quantitative estimate of drug-likeness (QED) is 0.857. The number of rotatable bonds is 4. The van der Waals surface area contributed by atoms with Crippen LogP contribution in [0.15, 0.2) is 30.9 Å². The second kappa shape index (κ2) is 7.33. The number of hydrogen-bond acceptors (Lipinski definition) is 5. The van der Waals surface area contributed by atoms with Crippen molar-refractivity contribution in [3.8, 4) is 0 Å². The summed E-state index contributed by atoms with van der Waals surface area (Å²) in [7, 11) is 0. The predicted octanol–water partition coefficient (Wildman–Crippen LogP) is 3.51. The van der Waals surface area contributed by atoms with Gasteiger partial charge >= 0.3 is 6.09 Å². The maximum atomic E-state index is 13.4. The minimum Gasteiger partial charge on any atom is -0.443 e. The van der Waals surface area contributed by atoms with Crippen LogP contribution in [0.25, 0.3) is 0 Å². The van der Waals surface area contributed by atoms with Crippen LogP contribution in [-0.2, 0) is 17.7 Å². The van der Waals surface area contributed by atoms with E-state index >= 15 is 0 Å². The number of hydrogen-bond donors (Lipinski definition) is 0. The molecule has 0 unspecified atom stereocenters. The first-order chi connectivity index (χ1) is 11.3. The van der Waals surface area contributed by atoms with Crippen LogP contribution in [0.4, 0.5) is 15.1 Å². The van der Waals surface area contributed by atoms with Gasteiger partial charge in [-0.2, -0.15) is 0 Å². The third-order valence-corrected chi connectivity index (χ3v) is 3.06. The van der Waals surface area contributed by atoms with E-state index in [-0.39, 0.29) is 12.5 Å². The van der Waals surface area contributed by atoms with Crippen molar-refractivity contribution < 1.29 is 13.9 Å². The van der Waals surface area contributed by atoms with Crippen LogP contribution in [-0.4, -0.2) is 26.6 Å². The maximum Gasteiger partial charge on any atom is 0.417 e. The molecule has 0 atom stereocenters. The van der Waals surface area contributed by atoms with Gasteiger partial charge in [0.25, 0.3) is 0 Å². The van der Waals surface area contributed by atoms with E-state index in [0.717, 1.165) is 18.2 Å². The summed E-state index contributed by atoms with van der Waals surface area (Å²) >= 11 is 0. The zero-order valence-corrected chi connectivity index (χ0v) is 14.3. The van der Waals surface area contributed by atoms with Crippen LogP contribution in [0.3, 0.4) is 0 Å². The average molecular weight is 332 g/mol. The van der Waals surface area contributed by atoms with Crippen LogP contribution in [0.2, 0.25) is 0 Å². The van der Waals surface area contributed by atoms with Crippen molar-refractivity contribution in [3.05, 3.63) is 47.8 Å². The molecule has 0 aliphatic carbocycles. The van der Waals surface area contributed by atoms with E-state index in [2.05, 4.69) is 15.0 Å². The molecule has 0 aromatic carbocycles. The SMILES string of the molecule is CCc1cnc(N(Cc2cncc(F)c2)C(=O)OC(C)(C)C)nc1. The number of aryl methyl sites for hydroxylation is 1. The van der Waals surface area contributed by atoms with E-state index in [1.807, 2.05) is 6.92 Å². The number of amides is 1. The summed E-state index contributed by atoms with van der Waals surface area (Å²) in [5.74, 6) is -0.274. The lowest BCUT2D eigenvalue weighted by atomic mass is 10.2. The molecule has 2 aromatic heterocycles. The van der Waals surface area contributed by atoms with Crippen molar-refractivity contribution in [1.29, 1.82) is 0 Å². The Bertz CT molecular complexity index is 698. The standard InChI is InChI=1S/C17H21FN4O2/c1-5-12-8-20-15(21-9-12)22(16(23)24-17(2,3)4)11-13-6-14(18)10-19-7-13/h6-10H,5,11H2,1-4H3. The van der Waals surface area contributed by atoms with Crippen LogP contribution < -0.4 is 4.90 Å². The Morgan fingerprint density at radius 2 is 1.83 bits per heavy atom. The normalized spacial score (nSPS) is 11.2. The van der Waals surface area contributed by atoms with Gasteiger partial charge < -0.3 is 4.74 Å². The lowest BCUT2D eigenvalue weighted by Crippen LogP contribution is -2.37. The van der Waals surface area contributed by atoms with Crippen molar-refractivity contribution in [2.24, 2.45) is 0 Å². The molecule has 0 fully saturated rings.